The molecule has 0 atom stereocenters. The number of benzene rings is 1. The first-order valence-electron chi connectivity index (χ1n) is 5.14. The maximum Gasteiger partial charge on any atom is 0.225 e. The van der Waals surface area contributed by atoms with E-state index in [4.69, 9.17) is 21.9 Å². The summed E-state index contributed by atoms with van der Waals surface area (Å²) in [4.78, 5) is 0. The normalized spacial score (nSPS) is 10.7. The molecule has 0 fully saturated rings. The average Bonchev–Trinajstić information content (AvgIpc) is 2.59. The zero-order valence-corrected chi connectivity index (χ0v) is 10.0. The van der Waals surface area contributed by atoms with Crippen LogP contribution in [0.15, 0.2) is 22.7 Å². The van der Waals surface area contributed by atoms with Crippen LogP contribution in [-0.2, 0) is 6.42 Å². The minimum Gasteiger partial charge on any atom is -0.367 e. The molecule has 2 N–H and O–H groups in total. The van der Waals surface area contributed by atoms with E-state index < -0.39 is 0 Å². The van der Waals surface area contributed by atoms with Gasteiger partial charge in [0.05, 0.1) is 0 Å². The number of hydrogen-bond donors (Lipinski definition) is 1. The third kappa shape index (κ3) is 1.78. The molecule has 2 aromatic rings. The lowest BCUT2D eigenvalue weighted by Gasteiger charge is -2.04. The van der Waals surface area contributed by atoms with E-state index in [9.17, 15) is 0 Å². The molecule has 84 valence electrons. The third-order valence-corrected chi connectivity index (χ3v) is 2.85. The highest BCUT2D eigenvalue weighted by Crippen LogP contribution is 2.30. The van der Waals surface area contributed by atoms with Crippen LogP contribution in [0.4, 0.5) is 5.88 Å². The van der Waals surface area contributed by atoms with Crippen LogP contribution >= 0.6 is 11.6 Å². The van der Waals surface area contributed by atoms with Crippen molar-refractivity contribution in [1.29, 1.82) is 0 Å². The van der Waals surface area contributed by atoms with Crippen molar-refractivity contribution in [1.82, 2.24) is 5.16 Å². The molecule has 0 aliphatic carbocycles. The summed E-state index contributed by atoms with van der Waals surface area (Å²) in [5.74, 6) is 0.395. The molecule has 0 saturated heterocycles. The first-order chi connectivity index (χ1) is 7.63. The molecule has 0 radical (unpaired) electrons. The Hall–Kier alpha value is -1.48. The van der Waals surface area contributed by atoms with Crippen LogP contribution in [0, 0.1) is 6.92 Å². The number of aryl methyl sites for hydroxylation is 1. The maximum absolute atomic E-state index is 5.91. The molecule has 0 unspecified atom stereocenters. The Balaban J connectivity index is 2.58. The third-order valence-electron chi connectivity index (χ3n) is 2.62. The second kappa shape index (κ2) is 4.18. The van der Waals surface area contributed by atoms with Gasteiger partial charge in [-0.3, -0.25) is 0 Å². The van der Waals surface area contributed by atoms with Gasteiger partial charge < -0.3 is 10.3 Å². The minimum atomic E-state index is 0.395. The highest BCUT2D eigenvalue weighted by Gasteiger charge is 2.15. The lowest BCUT2D eigenvalue weighted by Crippen LogP contribution is -1.91. The number of nitrogen functional groups attached to an aromatic ring is 1. The van der Waals surface area contributed by atoms with E-state index in [1.807, 2.05) is 32.0 Å². The molecular formula is C12H13ClN2O. The van der Waals surface area contributed by atoms with Gasteiger partial charge in [-0.25, -0.2) is 0 Å². The molecule has 1 aromatic heterocycles. The van der Waals surface area contributed by atoms with Gasteiger partial charge in [-0.2, -0.15) is 0 Å². The zero-order chi connectivity index (χ0) is 11.7. The van der Waals surface area contributed by atoms with Crippen molar-refractivity contribution in [3.8, 4) is 11.3 Å². The number of anilines is 1. The van der Waals surface area contributed by atoms with E-state index in [0.717, 1.165) is 33.8 Å². The van der Waals surface area contributed by atoms with Crippen LogP contribution < -0.4 is 5.73 Å². The van der Waals surface area contributed by atoms with Crippen molar-refractivity contribution in [2.24, 2.45) is 0 Å². The van der Waals surface area contributed by atoms with Crippen LogP contribution in [0.25, 0.3) is 11.3 Å². The quantitative estimate of drug-likeness (QED) is 0.869. The Morgan fingerprint density at radius 3 is 2.81 bits per heavy atom. The maximum atomic E-state index is 5.91. The number of halogens is 1. The van der Waals surface area contributed by atoms with Gasteiger partial charge >= 0.3 is 0 Å². The van der Waals surface area contributed by atoms with E-state index in [-0.39, 0.29) is 0 Å². The number of aromatic nitrogens is 1. The van der Waals surface area contributed by atoms with Crippen LogP contribution in [0.3, 0.4) is 0 Å². The van der Waals surface area contributed by atoms with Gasteiger partial charge in [0.15, 0.2) is 0 Å². The molecule has 0 bridgehead atoms. The predicted octanol–water partition coefficient (Wildman–Crippen LogP) is 3.45. The summed E-state index contributed by atoms with van der Waals surface area (Å²) in [6, 6.07) is 5.68. The largest absolute Gasteiger partial charge is 0.367 e. The molecule has 0 amide bonds. The molecule has 1 aromatic carbocycles. The molecule has 1 heterocycles. The Kier molecular flexibility index (Phi) is 2.88. The molecule has 0 spiro atoms. The van der Waals surface area contributed by atoms with Gasteiger partial charge in [0.25, 0.3) is 0 Å². The number of rotatable bonds is 2. The fourth-order valence-corrected chi connectivity index (χ4v) is 1.99. The van der Waals surface area contributed by atoms with Crippen LogP contribution in [0.1, 0.15) is 18.1 Å². The molecule has 2 rings (SSSR count). The highest BCUT2D eigenvalue weighted by molar-refractivity contribution is 6.30. The lowest BCUT2D eigenvalue weighted by atomic mass is 10.0. The zero-order valence-electron chi connectivity index (χ0n) is 9.25. The number of nitrogens with zero attached hydrogens (tertiary/aromatic N) is 1. The molecular weight excluding hydrogens is 224 g/mol. The van der Waals surface area contributed by atoms with Gasteiger partial charge in [-0.05, 0) is 31.0 Å². The molecule has 0 saturated carbocycles. The standard InChI is InChI=1S/C12H13ClN2O/c1-3-9-11(15-16-12(9)14)10-5-4-8(13)6-7(10)2/h4-6H,3,14H2,1-2H3. The first kappa shape index (κ1) is 11.0. The molecule has 0 aliphatic rings. The Bertz CT molecular complexity index is 520. The van der Waals surface area contributed by atoms with Gasteiger partial charge in [0.1, 0.15) is 5.69 Å². The summed E-state index contributed by atoms with van der Waals surface area (Å²) in [5, 5.41) is 4.72. The molecule has 4 heteroatoms. The van der Waals surface area contributed by atoms with Crippen molar-refractivity contribution in [3.63, 3.8) is 0 Å². The van der Waals surface area contributed by atoms with E-state index in [2.05, 4.69) is 5.16 Å². The van der Waals surface area contributed by atoms with E-state index in [1.54, 1.807) is 0 Å². The van der Waals surface area contributed by atoms with Crippen molar-refractivity contribution in [2.75, 3.05) is 5.73 Å². The Morgan fingerprint density at radius 2 is 2.19 bits per heavy atom. The monoisotopic (exact) mass is 236 g/mol. The summed E-state index contributed by atoms with van der Waals surface area (Å²) in [7, 11) is 0. The average molecular weight is 237 g/mol. The van der Waals surface area contributed by atoms with E-state index in [0.29, 0.717) is 5.88 Å². The summed E-state index contributed by atoms with van der Waals surface area (Å²) >= 11 is 5.91. The summed E-state index contributed by atoms with van der Waals surface area (Å²) in [6.45, 7) is 4.02. The number of nitrogens with two attached hydrogens (primary N) is 1. The molecule has 0 aliphatic heterocycles. The van der Waals surface area contributed by atoms with Gasteiger partial charge in [-0.1, -0.05) is 29.7 Å². The minimum absolute atomic E-state index is 0.395. The first-order valence-corrected chi connectivity index (χ1v) is 5.51. The van der Waals surface area contributed by atoms with Crippen LogP contribution in [0.5, 0.6) is 0 Å². The topological polar surface area (TPSA) is 52.0 Å². The molecule has 3 nitrogen and oxygen atoms in total. The van der Waals surface area contributed by atoms with Gasteiger partial charge in [-0.15, -0.1) is 0 Å². The Labute approximate surface area is 99.2 Å². The SMILES string of the molecule is CCc1c(-c2ccc(Cl)cc2C)noc1N. The fraction of sp³-hybridized carbons (Fsp3) is 0.250. The van der Waals surface area contributed by atoms with Gasteiger partial charge in [0, 0.05) is 16.1 Å². The fourth-order valence-electron chi connectivity index (χ4n) is 1.77. The van der Waals surface area contributed by atoms with Crippen molar-refractivity contribution >= 4 is 17.5 Å². The summed E-state index contributed by atoms with van der Waals surface area (Å²) in [5.41, 5.74) is 9.56. The van der Waals surface area contributed by atoms with Crippen LogP contribution in [-0.4, -0.2) is 5.16 Å². The van der Waals surface area contributed by atoms with Crippen LogP contribution in [0.2, 0.25) is 5.02 Å². The second-order valence-electron chi connectivity index (χ2n) is 3.69. The van der Waals surface area contributed by atoms with Crippen molar-refractivity contribution in [2.45, 2.75) is 20.3 Å². The van der Waals surface area contributed by atoms with E-state index >= 15 is 0 Å². The smallest absolute Gasteiger partial charge is 0.225 e. The summed E-state index contributed by atoms with van der Waals surface area (Å²) < 4.78 is 5.02. The summed E-state index contributed by atoms with van der Waals surface area (Å²) in [6.07, 6.45) is 0.798. The lowest BCUT2D eigenvalue weighted by molar-refractivity contribution is 0.438. The predicted molar refractivity (Wildman–Crippen MR) is 65.5 cm³/mol. The Morgan fingerprint density at radius 1 is 1.44 bits per heavy atom. The van der Waals surface area contributed by atoms with E-state index in [1.165, 1.54) is 0 Å². The van der Waals surface area contributed by atoms with Crippen molar-refractivity contribution in [3.05, 3.63) is 34.3 Å². The molecule has 16 heavy (non-hydrogen) atoms. The number of hydrogen-bond acceptors (Lipinski definition) is 3. The highest BCUT2D eigenvalue weighted by atomic mass is 35.5. The van der Waals surface area contributed by atoms with Crippen molar-refractivity contribution < 1.29 is 4.52 Å². The second-order valence-corrected chi connectivity index (χ2v) is 4.12. The van der Waals surface area contributed by atoms with Gasteiger partial charge in [0.2, 0.25) is 5.88 Å².